The van der Waals surface area contributed by atoms with Crippen molar-refractivity contribution in [2.75, 3.05) is 18.4 Å². The highest BCUT2D eigenvalue weighted by Crippen LogP contribution is 2.28. The Labute approximate surface area is 148 Å². The number of carbonyl (C=O) groups excluding carboxylic acids is 1. The normalized spacial score (nSPS) is 15.2. The van der Waals surface area contributed by atoms with Crippen molar-refractivity contribution in [3.05, 3.63) is 46.5 Å². The van der Waals surface area contributed by atoms with Crippen LogP contribution < -0.4 is 10.6 Å². The number of rotatable bonds is 4. The fourth-order valence-corrected chi connectivity index (χ4v) is 3.80. The van der Waals surface area contributed by atoms with Gasteiger partial charge in [-0.1, -0.05) is 23.5 Å². The number of nitrogens with one attached hydrogen (secondary N) is 3. The van der Waals surface area contributed by atoms with Gasteiger partial charge in [0.05, 0.1) is 5.69 Å². The van der Waals surface area contributed by atoms with Gasteiger partial charge in [0.1, 0.15) is 5.01 Å². The van der Waals surface area contributed by atoms with Crippen LogP contribution in [0.4, 0.5) is 5.69 Å². The second-order valence-electron chi connectivity index (χ2n) is 5.97. The SMILES string of the molecule is O=C(Nc1ccc(-c2ccn[nH]2)cc1)c1nnc(C2CCNCC2)s1. The molecule has 25 heavy (non-hydrogen) atoms. The number of amides is 1. The number of hydrogen-bond donors (Lipinski definition) is 3. The van der Waals surface area contributed by atoms with Gasteiger partial charge in [-0.3, -0.25) is 9.89 Å². The predicted molar refractivity (Wildman–Crippen MR) is 96.7 cm³/mol. The summed E-state index contributed by atoms with van der Waals surface area (Å²) in [4.78, 5) is 12.4. The van der Waals surface area contributed by atoms with Crippen molar-refractivity contribution < 1.29 is 4.79 Å². The molecule has 0 radical (unpaired) electrons. The van der Waals surface area contributed by atoms with E-state index in [1.165, 1.54) is 11.3 Å². The van der Waals surface area contributed by atoms with Crippen LogP contribution >= 0.6 is 11.3 Å². The third-order valence-electron chi connectivity index (χ3n) is 4.28. The fraction of sp³-hybridized carbons (Fsp3) is 0.294. The molecule has 3 N–H and O–H groups in total. The molecule has 1 fully saturated rings. The Morgan fingerprint density at radius 2 is 1.92 bits per heavy atom. The summed E-state index contributed by atoms with van der Waals surface area (Å²) in [5.74, 6) is 0.195. The lowest BCUT2D eigenvalue weighted by Gasteiger charge is -2.19. The summed E-state index contributed by atoms with van der Waals surface area (Å²) in [6.07, 6.45) is 3.80. The van der Waals surface area contributed by atoms with Gasteiger partial charge in [0.2, 0.25) is 5.01 Å². The molecule has 7 nitrogen and oxygen atoms in total. The number of hydrogen-bond acceptors (Lipinski definition) is 6. The lowest BCUT2D eigenvalue weighted by atomic mass is 9.99. The van der Waals surface area contributed by atoms with Crippen molar-refractivity contribution in [1.29, 1.82) is 0 Å². The Bertz CT molecular complexity index is 836. The number of aromatic amines is 1. The van der Waals surface area contributed by atoms with Crippen molar-refractivity contribution in [2.45, 2.75) is 18.8 Å². The number of H-pyrrole nitrogens is 1. The van der Waals surface area contributed by atoms with Gasteiger partial charge in [-0.2, -0.15) is 5.10 Å². The predicted octanol–water partition coefficient (Wildman–Crippen LogP) is 2.65. The van der Waals surface area contributed by atoms with Gasteiger partial charge in [0.25, 0.3) is 5.91 Å². The summed E-state index contributed by atoms with van der Waals surface area (Å²) in [5.41, 5.74) is 2.68. The van der Waals surface area contributed by atoms with Crippen LogP contribution in [0.3, 0.4) is 0 Å². The summed E-state index contributed by atoms with van der Waals surface area (Å²) in [6, 6.07) is 9.50. The summed E-state index contributed by atoms with van der Waals surface area (Å²) in [5, 5.41) is 22.7. The lowest BCUT2D eigenvalue weighted by molar-refractivity contribution is 0.102. The minimum atomic E-state index is -0.216. The van der Waals surface area contributed by atoms with Gasteiger partial charge in [-0.15, -0.1) is 10.2 Å². The molecule has 2 aromatic heterocycles. The van der Waals surface area contributed by atoms with E-state index in [9.17, 15) is 4.79 Å². The van der Waals surface area contributed by atoms with E-state index in [-0.39, 0.29) is 5.91 Å². The summed E-state index contributed by atoms with van der Waals surface area (Å²) >= 11 is 1.39. The van der Waals surface area contributed by atoms with Crippen molar-refractivity contribution >= 4 is 22.9 Å². The molecule has 1 aliphatic rings. The van der Waals surface area contributed by atoms with Crippen LogP contribution in [0.1, 0.15) is 33.6 Å². The first-order valence-corrected chi connectivity index (χ1v) is 9.06. The highest BCUT2D eigenvalue weighted by molar-refractivity contribution is 7.13. The second-order valence-corrected chi connectivity index (χ2v) is 6.98. The molecule has 0 saturated carbocycles. The average Bonchev–Trinajstić information content (AvgIpc) is 3.35. The highest BCUT2D eigenvalue weighted by atomic mass is 32.1. The first kappa shape index (κ1) is 15.9. The maximum Gasteiger partial charge on any atom is 0.286 e. The monoisotopic (exact) mass is 354 g/mol. The summed E-state index contributed by atoms with van der Waals surface area (Å²) in [6.45, 7) is 1.99. The Morgan fingerprint density at radius 1 is 1.12 bits per heavy atom. The van der Waals surface area contributed by atoms with Gasteiger partial charge in [-0.25, -0.2) is 0 Å². The van der Waals surface area contributed by atoms with Gasteiger partial charge >= 0.3 is 0 Å². The first-order valence-electron chi connectivity index (χ1n) is 8.25. The second kappa shape index (κ2) is 7.12. The number of benzene rings is 1. The van der Waals surface area contributed by atoms with E-state index in [0.717, 1.165) is 47.9 Å². The van der Waals surface area contributed by atoms with Crippen molar-refractivity contribution in [3.8, 4) is 11.3 Å². The van der Waals surface area contributed by atoms with Crippen LogP contribution in [0.5, 0.6) is 0 Å². The average molecular weight is 354 g/mol. The number of carbonyl (C=O) groups is 1. The fourth-order valence-electron chi connectivity index (χ4n) is 2.89. The molecule has 0 spiro atoms. The molecular weight excluding hydrogens is 336 g/mol. The molecule has 1 amide bonds. The molecule has 1 aromatic carbocycles. The molecule has 1 aliphatic heterocycles. The van der Waals surface area contributed by atoms with Gasteiger partial charge in [0.15, 0.2) is 0 Å². The Hall–Kier alpha value is -2.58. The van der Waals surface area contributed by atoms with E-state index < -0.39 is 0 Å². The van der Waals surface area contributed by atoms with E-state index in [4.69, 9.17) is 0 Å². The minimum Gasteiger partial charge on any atom is -0.320 e. The molecule has 3 heterocycles. The van der Waals surface area contributed by atoms with E-state index in [1.807, 2.05) is 30.3 Å². The Morgan fingerprint density at radius 3 is 2.64 bits per heavy atom. The Balaban J connectivity index is 1.42. The third-order valence-corrected chi connectivity index (χ3v) is 5.36. The zero-order chi connectivity index (χ0) is 17.1. The molecule has 0 unspecified atom stereocenters. The number of nitrogens with zero attached hydrogens (tertiary/aromatic N) is 3. The van der Waals surface area contributed by atoms with Crippen molar-refractivity contribution in [2.24, 2.45) is 0 Å². The zero-order valence-corrected chi connectivity index (χ0v) is 14.3. The van der Waals surface area contributed by atoms with Crippen molar-refractivity contribution in [1.82, 2.24) is 25.7 Å². The summed E-state index contributed by atoms with van der Waals surface area (Å²) in [7, 11) is 0. The largest absolute Gasteiger partial charge is 0.320 e. The van der Waals surface area contributed by atoms with Crippen LogP contribution in [0.2, 0.25) is 0 Å². The van der Waals surface area contributed by atoms with Crippen LogP contribution in [-0.4, -0.2) is 39.4 Å². The quantitative estimate of drug-likeness (QED) is 0.669. The minimum absolute atomic E-state index is 0.216. The Kier molecular flexibility index (Phi) is 4.53. The molecule has 0 aliphatic carbocycles. The number of aromatic nitrogens is 4. The van der Waals surface area contributed by atoms with Crippen LogP contribution in [0.25, 0.3) is 11.3 Å². The van der Waals surface area contributed by atoms with Crippen LogP contribution in [0.15, 0.2) is 36.5 Å². The van der Waals surface area contributed by atoms with Gasteiger partial charge < -0.3 is 10.6 Å². The highest BCUT2D eigenvalue weighted by Gasteiger charge is 2.21. The van der Waals surface area contributed by atoms with E-state index in [2.05, 4.69) is 31.0 Å². The smallest absolute Gasteiger partial charge is 0.286 e. The van der Waals surface area contributed by atoms with E-state index >= 15 is 0 Å². The maximum absolute atomic E-state index is 12.4. The molecule has 128 valence electrons. The molecular formula is C17H18N6OS. The molecule has 4 rings (SSSR count). The molecule has 0 atom stereocenters. The molecule has 1 saturated heterocycles. The topological polar surface area (TPSA) is 95.6 Å². The van der Waals surface area contributed by atoms with Crippen molar-refractivity contribution in [3.63, 3.8) is 0 Å². The maximum atomic E-state index is 12.4. The lowest BCUT2D eigenvalue weighted by Crippen LogP contribution is -2.26. The van der Waals surface area contributed by atoms with E-state index in [0.29, 0.717) is 10.9 Å². The van der Waals surface area contributed by atoms with Crippen LogP contribution in [0, 0.1) is 0 Å². The molecule has 3 aromatic rings. The number of piperidine rings is 1. The summed E-state index contributed by atoms with van der Waals surface area (Å²) < 4.78 is 0. The first-order chi connectivity index (χ1) is 12.3. The molecule has 8 heteroatoms. The standard InChI is InChI=1S/C17H18N6OS/c24-15(17-23-22-16(25-17)12-5-8-18-9-6-12)20-13-3-1-11(2-4-13)14-7-10-19-21-14/h1-4,7,10,12,18H,5-6,8-9H2,(H,19,21)(H,20,24). The zero-order valence-electron chi connectivity index (χ0n) is 13.5. The number of anilines is 1. The van der Waals surface area contributed by atoms with Gasteiger partial charge in [-0.05, 0) is 49.7 Å². The third kappa shape index (κ3) is 3.59. The van der Waals surface area contributed by atoms with E-state index in [1.54, 1.807) is 6.20 Å². The van der Waals surface area contributed by atoms with Crippen LogP contribution in [-0.2, 0) is 0 Å². The van der Waals surface area contributed by atoms with Gasteiger partial charge in [0, 0.05) is 17.8 Å². The molecule has 0 bridgehead atoms.